The molecule has 2 aliphatic rings. The van der Waals surface area contributed by atoms with Crippen molar-refractivity contribution in [1.29, 1.82) is 0 Å². The summed E-state index contributed by atoms with van der Waals surface area (Å²) >= 11 is 3.48. The monoisotopic (exact) mass is 389 g/mol. The molecular weight excluding hydrogens is 362 g/mol. The Balaban J connectivity index is 1.23. The van der Waals surface area contributed by atoms with Crippen LogP contribution < -0.4 is 5.32 Å². The number of amides is 1. The number of hydrogen-bond acceptors (Lipinski definition) is 5. The third-order valence-electron chi connectivity index (χ3n) is 5.58. The molecule has 1 N–H and O–H groups in total. The zero-order valence-electron chi connectivity index (χ0n) is 15.2. The summed E-state index contributed by atoms with van der Waals surface area (Å²) in [5, 5.41) is 8.73. The molecule has 1 saturated heterocycles. The lowest BCUT2D eigenvalue weighted by Gasteiger charge is -2.33. The van der Waals surface area contributed by atoms with Crippen LogP contribution in [0.2, 0.25) is 0 Å². The van der Waals surface area contributed by atoms with Crippen LogP contribution in [0.3, 0.4) is 0 Å². The van der Waals surface area contributed by atoms with E-state index in [2.05, 4.69) is 33.1 Å². The van der Waals surface area contributed by atoms with Crippen LogP contribution in [0.15, 0.2) is 22.9 Å². The molecule has 0 radical (unpaired) electrons. The van der Waals surface area contributed by atoms with Gasteiger partial charge < -0.3 is 5.32 Å². The van der Waals surface area contributed by atoms with Gasteiger partial charge in [0.1, 0.15) is 5.01 Å². The molecule has 1 aliphatic heterocycles. The Morgan fingerprint density at radius 3 is 2.69 bits per heavy atom. The van der Waals surface area contributed by atoms with Crippen LogP contribution in [0.1, 0.15) is 50.6 Å². The molecule has 2 aromatic heterocycles. The number of aromatic nitrogens is 1. The van der Waals surface area contributed by atoms with Gasteiger partial charge in [0.05, 0.1) is 10.6 Å². The van der Waals surface area contributed by atoms with E-state index in [1.807, 2.05) is 0 Å². The highest BCUT2D eigenvalue weighted by atomic mass is 32.1. The Kier molecular flexibility index (Phi) is 6.02. The van der Waals surface area contributed by atoms with E-state index in [9.17, 15) is 4.79 Å². The number of carbonyl (C=O) groups excluding carboxylic acids is 1. The highest BCUT2D eigenvalue weighted by Gasteiger charge is 2.26. The summed E-state index contributed by atoms with van der Waals surface area (Å²) in [5.74, 6) is 0.579. The van der Waals surface area contributed by atoms with Crippen molar-refractivity contribution >= 4 is 28.6 Å². The van der Waals surface area contributed by atoms with Gasteiger partial charge in [-0.05, 0) is 37.1 Å². The van der Waals surface area contributed by atoms with Gasteiger partial charge in [-0.2, -0.15) is 0 Å². The highest BCUT2D eigenvalue weighted by molar-refractivity contribution is 7.20. The maximum absolute atomic E-state index is 12.4. The first-order valence-electron chi connectivity index (χ1n) is 9.79. The summed E-state index contributed by atoms with van der Waals surface area (Å²) in [6.07, 6.45) is 8.02. The average Bonchev–Trinajstić information content (AvgIpc) is 3.36. The number of carbonyl (C=O) groups is 1. The summed E-state index contributed by atoms with van der Waals surface area (Å²) in [4.78, 5) is 20.9. The molecule has 0 aromatic carbocycles. The largest absolute Gasteiger partial charge is 0.353 e. The Morgan fingerprint density at radius 1 is 1.15 bits per heavy atom. The second kappa shape index (κ2) is 8.63. The van der Waals surface area contributed by atoms with E-state index in [4.69, 9.17) is 4.98 Å². The standard InChI is InChI=1S/C20H27N3OS2/c24-19(15-5-2-1-3-6-15)21-16-8-10-23(11-9-16)13-17-14-26-20(22-17)18-7-4-12-25-18/h4,7,12,14-16H,1-3,5-6,8-11,13H2,(H,21,24). The van der Waals surface area contributed by atoms with Gasteiger partial charge in [0.25, 0.3) is 0 Å². The Hall–Kier alpha value is -1.24. The second-order valence-electron chi connectivity index (χ2n) is 7.52. The number of rotatable bonds is 5. The van der Waals surface area contributed by atoms with Gasteiger partial charge in [0.2, 0.25) is 5.91 Å². The molecule has 0 atom stereocenters. The van der Waals surface area contributed by atoms with E-state index in [0.29, 0.717) is 11.9 Å². The van der Waals surface area contributed by atoms with Crippen molar-refractivity contribution in [3.05, 3.63) is 28.6 Å². The quantitative estimate of drug-likeness (QED) is 0.817. The van der Waals surface area contributed by atoms with Crippen molar-refractivity contribution in [2.75, 3.05) is 13.1 Å². The minimum absolute atomic E-state index is 0.271. The van der Waals surface area contributed by atoms with Crippen molar-refractivity contribution in [3.63, 3.8) is 0 Å². The molecule has 3 heterocycles. The minimum atomic E-state index is 0.271. The molecule has 2 aromatic rings. The van der Waals surface area contributed by atoms with E-state index >= 15 is 0 Å². The van der Waals surface area contributed by atoms with Crippen LogP contribution in [0.4, 0.5) is 0 Å². The van der Waals surface area contributed by atoms with Crippen LogP contribution in [0.5, 0.6) is 0 Å². The smallest absolute Gasteiger partial charge is 0.223 e. The first-order valence-corrected chi connectivity index (χ1v) is 11.5. The van der Waals surface area contributed by atoms with Gasteiger partial charge in [0.15, 0.2) is 0 Å². The zero-order chi connectivity index (χ0) is 17.8. The van der Waals surface area contributed by atoms with Crippen molar-refractivity contribution in [1.82, 2.24) is 15.2 Å². The molecule has 4 nitrogen and oxygen atoms in total. The molecular formula is C20H27N3OS2. The maximum Gasteiger partial charge on any atom is 0.223 e. The molecule has 140 valence electrons. The van der Waals surface area contributed by atoms with Crippen LogP contribution in [-0.4, -0.2) is 34.9 Å². The van der Waals surface area contributed by atoms with E-state index < -0.39 is 0 Å². The fourth-order valence-corrected chi connectivity index (χ4v) is 5.67. The van der Waals surface area contributed by atoms with Crippen LogP contribution >= 0.6 is 22.7 Å². The van der Waals surface area contributed by atoms with Gasteiger partial charge in [-0.1, -0.05) is 25.3 Å². The predicted molar refractivity (Wildman–Crippen MR) is 108 cm³/mol. The SMILES string of the molecule is O=C(NC1CCN(Cc2csc(-c3cccs3)n2)CC1)C1CCCCC1. The van der Waals surface area contributed by atoms with Gasteiger partial charge in [-0.3, -0.25) is 9.69 Å². The zero-order valence-corrected chi connectivity index (χ0v) is 16.8. The minimum Gasteiger partial charge on any atom is -0.353 e. The number of nitrogens with one attached hydrogen (secondary N) is 1. The molecule has 1 amide bonds. The Labute approximate surface area is 163 Å². The van der Waals surface area contributed by atoms with E-state index in [1.54, 1.807) is 22.7 Å². The Bertz CT molecular complexity index is 698. The van der Waals surface area contributed by atoms with Gasteiger partial charge in [0, 0.05) is 37.0 Å². The molecule has 2 fully saturated rings. The van der Waals surface area contributed by atoms with E-state index in [0.717, 1.165) is 50.3 Å². The van der Waals surface area contributed by atoms with Crippen LogP contribution in [0.25, 0.3) is 9.88 Å². The van der Waals surface area contributed by atoms with Crippen molar-refractivity contribution in [2.24, 2.45) is 5.92 Å². The molecule has 1 saturated carbocycles. The first kappa shape index (κ1) is 18.1. The molecule has 6 heteroatoms. The summed E-state index contributed by atoms with van der Waals surface area (Å²) in [7, 11) is 0. The second-order valence-corrected chi connectivity index (χ2v) is 9.32. The molecule has 26 heavy (non-hydrogen) atoms. The lowest BCUT2D eigenvalue weighted by Crippen LogP contribution is -2.46. The van der Waals surface area contributed by atoms with Gasteiger partial charge >= 0.3 is 0 Å². The molecule has 0 spiro atoms. The molecule has 0 unspecified atom stereocenters. The summed E-state index contributed by atoms with van der Waals surface area (Å²) in [6, 6.07) is 4.57. The summed E-state index contributed by atoms with van der Waals surface area (Å²) in [5.41, 5.74) is 1.17. The lowest BCUT2D eigenvalue weighted by atomic mass is 9.88. The van der Waals surface area contributed by atoms with Crippen LogP contribution in [0, 0.1) is 5.92 Å². The fourth-order valence-electron chi connectivity index (χ4n) is 4.04. The highest BCUT2D eigenvalue weighted by Crippen LogP contribution is 2.28. The van der Waals surface area contributed by atoms with E-state index in [-0.39, 0.29) is 5.92 Å². The average molecular weight is 390 g/mol. The Morgan fingerprint density at radius 2 is 1.96 bits per heavy atom. The lowest BCUT2D eigenvalue weighted by molar-refractivity contribution is -0.127. The normalized spacial score (nSPS) is 20.3. The van der Waals surface area contributed by atoms with Crippen molar-refractivity contribution in [2.45, 2.75) is 57.5 Å². The summed E-state index contributed by atoms with van der Waals surface area (Å²) in [6.45, 7) is 3.01. The predicted octanol–water partition coefficient (Wildman–Crippen LogP) is 4.53. The van der Waals surface area contributed by atoms with E-state index in [1.165, 1.54) is 29.8 Å². The molecule has 0 bridgehead atoms. The third kappa shape index (κ3) is 4.53. The topological polar surface area (TPSA) is 45.2 Å². The van der Waals surface area contributed by atoms with Gasteiger partial charge in [-0.25, -0.2) is 4.98 Å². The maximum atomic E-state index is 12.4. The van der Waals surface area contributed by atoms with Crippen LogP contribution in [-0.2, 0) is 11.3 Å². The van der Waals surface area contributed by atoms with Gasteiger partial charge in [-0.15, -0.1) is 22.7 Å². The number of thiazole rings is 1. The summed E-state index contributed by atoms with van der Waals surface area (Å²) < 4.78 is 0. The number of likely N-dealkylation sites (tertiary alicyclic amines) is 1. The molecule has 4 rings (SSSR count). The number of thiophene rings is 1. The fraction of sp³-hybridized carbons (Fsp3) is 0.600. The van der Waals surface area contributed by atoms with Crippen molar-refractivity contribution in [3.8, 4) is 9.88 Å². The van der Waals surface area contributed by atoms with Crippen molar-refractivity contribution < 1.29 is 4.79 Å². The number of piperidine rings is 1. The number of hydrogen-bond donors (Lipinski definition) is 1. The molecule has 1 aliphatic carbocycles. The number of nitrogens with zero attached hydrogens (tertiary/aromatic N) is 2. The first-order chi connectivity index (χ1) is 12.8. The third-order valence-corrected chi connectivity index (χ3v) is 7.51.